The lowest BCUT2D eigenvalue weighted by Crippen LogP contribution is -2.33. The molecule has 1 aromatic heterocycles. The van der Waals surface area contributed by atoms with Gasteiger partial charge < -0.3 is 15.2 Å². The summed E-state index contributed by atoms with van der Waals surface area (Å²) in [6.45, 7) is 7.38. The second-order valence-corrected chi connectivity index (χ2v) is 5.88. The van der Waals surface area contributed by atoms with Gasteiger partial charge in [0.25, 0.3) is 11.8 Å². The molecule has 6 heteroatoms. The van der Waals surface area contributed by atoms with Crippen molar-refractivity contribution in [2.45, 2.75) is 65.5 Å². The molecule has 0 fully saturated rings. The van der Waals surface area contributed by atoms with Crippen LogP contribution in [0, 0.1) is 0 Å². The van der Waals surface area contributed by atoms with Gasteiger partial charge in [-0.15, -0.1) is 0 Å². The Morgan fingerprint density at radius 2 is 2.05 bits per heavy atom. The van der Waals surface area contributed by atoms with E-state index in [2.05, 4.69) is 15.6 Å². The van der Waals surface area contributed by atoms with E-state index in [0.29, 0.717) is 18.1 Å². The number of imidazole rings is 1. The monoisotopic (exact) mass is 306 g/mol. The molecule has 2 N–H and O–H groups in total. The predicted molar refractivity (Wildman–Crippen MR) is 85.0 cm³/mol. The average Bonchev–Trinajstić information content (AvgIpc) is 2.92. The second kappa shape index (κ2) is 7.42. The van der Waals surface area contributed by atoms with E-state index in [1.165, 1.54) is 0 Å². The molecule has 2 heterocycles. The fourth-order valence-electron chi connectivity index (χ4n) is 2.61. The molecule has 0 radical (unpaired) electrons. The third-order valence-corrected chi connectivity index (χ3v) is 4.06. The molecule has 0 aliphatic carbocycles. The van der Waals surface area contributed by atoms with Crippen molar-refractivity contribution in [1.29, 1.82) is 0 Å². The maximum atomic E-state index is 12.4. The van der Waals surface area contributed by atoms with Crippen LogP contribution in [0.15, 0.2) is 0 Å². The molecular weight excluding hydrogens is 280 g/mol. The van der Waals surface area contributed by atoms with Crippen LogP contribution in [0.3, 0.4) is 0 Å². The quantitative estimate of drug-likeness (QED) is 0.842. The number of rotatable bonds is 6. The van der Waals surface area contributed by atoms with Crippen LogP contribution in [0.5, 0.6) is 0 Å². The first-order valence-electron chi connectivity index (χ1n) is 8.26. The molecule has 0 bridgehead atoms. The Kier molecular flexibility index (Phi) is 5.57. The number of carbonyl (C=O) groups excluding carboxylic acids is 2. The minimum Gasteiger partial charge on any atom is -0.349 e. The lowest BCUT2D eigenvalue weighted by molar-refractivity contribution is 0.0933. The van der Waals surface area contributed by atoms with Crippen molar-refractivity contribution >= 4 is 11.8 Å². The van der Waals surface area contributed by atoms with E-state index < -0.39 is 0 Å². The van der Waals surface area contributed by atoms with Crippen LogP contribution < -0.4 is 10.6 Å². The van der Waals surface area contributed by atoms with E-state index in [9.17, 15) is 9.59 Å². The van der Waals surface area contributed by atoms with Crippen molar-refractivity contribution < 1.29 is 9.59 Å². The summed E-state index contributed by atoms with van der Waals surface area (Å²) in [7, 11) is 0. The van der Waals surface area contributed by atoms with Crippen molar-refractivity contribution in [3.63, 3.8) is 0 Å². The van der Waals surface area contributed by atoms with Gasteiger partial charge in [0.1, 0.15) is 5.69 Å². The van der Waals surface area contributed by atoms with Crippen LogP contribution in [0.1, 0.15) is 73.3 Å². The van der Waals surface area contributed by atoms with E-state index >= 15 is 0 Å². The van der Waals surface area contributed by atoms with Crippen molar-refractivity contribution in [3.8, 4) is 0 Å². The number of hydrogen-bond acceptors (Lipinski definition) is 3. The Morgan fingerprint density at radius 1 is 1.27 bits per heavy atom. The number of aromatic nitrogens is 2. The van der Waals surface area contributed by atoms with E-state index in [1.54, 1.807) is 0 Å². The Hall–Kier alpha value is -1.85. The number of nitrogens with zero attached hydrogens (tertiary/aromatic N) is 2. The first kappa shape index (κ1) is 16.5. The molecule has 2 amide bonds. The molecule has 122 valence electrons. The fraction of sp³-hybridized carbons (Fsp3) is 0.688. The van der Waals surface area contributed by atoms with Crippen LogP contribution >= 0.6 is 0 Å². The van der Waals surface area contributed by atoms with Crippen LogP contribution in [-0.2, 0) is 13.0 Å². The van der Waals surface area contributed by atoms with Crippen LogP contribution in [0.4, 0.5) is 0 Å². The predicted octanol–water partition coefficient (Wildman–Crippen LogP) is 1.89. The standard InChI is InChI=1S/C16H26N4O2/c1-4-9-17-16(22)14-19-13(15(21)18-11(3)5-2)12-8-6-7-10-20(12)14/h11H,4-10H2,1-3H3,(H,17,22)(H,18,21). The Morgan fingerprint density at radius 3 is 2.73 bits per heavy atom. The van der Waals surface area contributed by atoms with E-state index in [4.69, 9.17) is 0 Å². The van der Waals surface area contributed by atoms with Gasteiger partial charge in [-0.2, -0.15) is 0 Å². The molecule has 1 aliphatic heterocycles. The average molecular weight is 306 g/mol. The van der Waals surface area contributed by atoms with E-state index in [1.807, 2.05) is 25.3 Å². The summed E-state index contributed by atoms with van der Waals surface area (Å²) in [5.74, 6) is 0.0135. The molecule has 2 rings (SSSR count). The highest BCUT2D eigenvalue weighted by atomic mass is 16.2. The number of fused-ring (bicyclic) bond motifs is 1. The lowest BCUT2D eigenvalue weighted by atomic mass is 10.1. The summed E-state index contributed by atoms with van der Waals surface area (Å²) in [6.07, 6.45) is 4.60. The summed E-state index contributed by atoms with van der Waals surface area (Å²) in [5.41, 5.74) is 1.32. The minimum absolute atomic E-state index is 0.103. The van der Waals surface area contributed by atoms with Crippen molar-refractivity contribution in [1.82, 2.24) is 20.2 Å². The molecule has 0 saturated heterocycles. The number of carbonyl (C=O) groups is 2. The highest BCUT2D eigenvalue weighted by Crippen LogP contribution is 2.21. The summed E-state index contributed by atoms with van der Waals surface area (Å²) < 4.78 is 1.92. The topological polar surface area (TPSA) is 76.0 Å². The van der Waals surface area contributed by atoms with Crippen LogP contribution in [0.2, 0.25) is 0 Å². The van der Waals surface area contributed by atoms with Crippen LogP contribution in [0.25, 0.3) is 0 Å². The first-order valence-corrected chi connectivity index (χ1v) is 8.26. The molecule has 1 unspecified atom stereocenters. The smallest absolute Gasteiger partial charge is 0.287 e. The third kappa shape index (κ3) is 3.48. The Labute approximate surface area is 131 Å². The summed E-state index contributed by atoms with van der Waals surface area (Å²) >= 11 is 0. The van der Waals surface area contributed by atoms with Gasteiger partial charge in [-0.25, -0.2) is 4.98 Å². The third-order valence-electron chi connectivity index (χ3n) is 4.06. The second-order valence-electron chi connectivity index (χ2n) is 5.88. The van der Waals surface area contributed by atoms with Gasteiger partial charge in [0, 0.05) is 19.1 Å². The van der Waals surface area contributed by atoms with E-state index in [-0.39, 0.29) is 17.9 Å². The fourth-order valence-corrected chi connectivity index (χ4v) is 2.61. The molecule has 1 atom stereocenters. The zero-order chi connectivity index (χ0) is 16.1. The molecule has 1 aliphatic rings. The van der Waals surface area contributed by atoms with Crippen molar-refractivity contribution in [2.75, 3.05) is 6.54 Å². The number of amides is 2. The van der Waals surface area contributed by atoms with Crippen LogP contribution in [-0.4, -0.2) is 34.0 Å². The molecule has 22 heavy (non-hydrogen) atoms. The summed E-state index contributed by atoms with van der Waals surface area (Å²) in [5, 5.41) is 5.79. The van der Waals surface area contributed by atoms with Gasteiger partial charge in [0.2, 0.25) is 0 Å². The van der Waals surface area contributed by atoms with Gasteiger partial charge in [-0.3, -0.25) is 9.59 Å². The van der Waals surface area contributed by atoms with E-state index in [0.717, 1.165) is 44.3 Å². The molecule has 1 aromatic rings. The van der Waals surface area contributed by atoms with Gasteiger partial charge in [0.05, 0.1) is 5.69 Å². The largest absolute Gasteiger partial charge is 0.349 e. The highest BCUT2D eigenvalue weighted by molar-refractivity contribution is 5.97. The van der Waals surface area contributed by atoms with Gasteiger partial charge in [-0.05, 0) is 39.0 Å². The van der Waals surface area contributed by atoms with Gasteiger partial charge in [0.15, 0.2) is 5.82 Å². The van der Waals surface area contributed by atoms with Crippen molar-refractivity contribution in [3.05, 3.63) is 17.2 Å². The zero-order valence-electron chi connectivity index (χ0n) is 13.7. The number of hydrogen-bond donors (Lipinski definition) is 2. The molecular formula is C16H26N4O2. The zero-order valence-corrected chi connectivity index (χ0v) is 13.7. The Balaban J connectivity index is 2.29. The number of nitrogens with one attached hydrogen (secondary N) is 2. The van der Waals surface area contributed by atoms with Gasteiger partial charge >= 0.3 is 0 Å². The SMILES string of the molecule is CCCNC(=O)c1nc(C(=O)NC(C)CC)c2n1CCCC2. The summed E-state index contributed by atoms with van der Waals surface area (Å²) in [4.78, 5) is 29.1. The minimum atomic E-state index is -0.187. The molecule has 0 saturated carbocycles. The van der Waals surface area contributed by atoms with Gasteiger partial charge in [-0.1, -0.05) is 13.8 Å². The lowest BCUT2D eigenvalue weighted by Gasteiger charge is -2.17. The normalized spacial score (nSPS) is 15.0. The maximum Gasteiger partial charge on any atom is 0.287 e. The summed E-state index contributed by atoms with van der Waals surface area (Å²) in [6, 6.07) is 0.103. The Bertz CT molecular complexity index is 551. The van der Waals surface area contributed by atoms with Crippen molar-refractivity contribution in [2.24, 2.45) is 0 Å². The molecule has 6 nitrogen and oxygen atoms in total. The molecule has 0 spiro atoms. The molecule has 0 aromatic carbocycles. The highest BCUT2D eigenvalue weighted by Gasteiger charge is 2.27. The first-order chi connectivity index (χ1) is 10.6. The maximum absolute atomic E-state index is 12.4.